The van der Waals surface area contributed by atoms with E-state index in [0.717, 1.165) is 17.8 Å². The molecule has 2 aliphatic heterocycles. The van der Waals surface area contributed by atoms with Gasteiger partial charge in [0.25, 0.3) is 0 Å². The van der Waals surface area contributed by atoms with Crippen LogP contribution in [0.5, 0.6) is 5.75 Å². The molecule has 2 atom stereocenters. The van der Waals surface area contributed by atoms with E-state index in [1.54, 1.807) is 7.11 Å². The van der Waals surface area contributed by atoms with Gasteiger partial charge >= 0.3 is 0 Å². The summed E-state index contributed by atoms with van der Waals surface area (Å²) < 4.78 is 10.8. The minimum atomic E-state index is 0.597. The number of methoxy groups -OCH3 is 1. The van der Waals surface area contributed by atoms with E-state index in [0.29, 0.717) is 19.1 Å². The first-order chi connectivity index (χ1) is 11.8. The van der Waals surface area contributed by atoms with Crippen LogP contribution in [0.1, 0.15) is 37.2 Å². The van der Waals surface area contributed by atoms with Gasteiger partial charge in [-0.05, 0) is 67.1 Å². The Labute approximate surface area is 144 Å². The topological polar surface area (TPSA) is 21.7 Å². The van der Waals surface area contributed by atoms with Crippen molar-refractivity contribution in [3.63, 3.8) is 0 Å². The Morgan fingerprint density at radius 1 is 1.04 bits per heavy atom. The van der Waals surface area contributed by atoms with E-state index in [4.69, 9.17) is 9.47 Å². The molecular weight excluding hydrogens is 298 g/mol. The summed E-state index contributed by atoms with van der Waals surface area (Å²) in [5, 5.41) is 2.68. The number of fused-ring (bicyclic) bond motifs is 3. The molecule has 0 amide bonds. The van der Waals surface area contributed by atoms with Crippen molar-refractivity contribution in [3.05, 3.63) is 42.0 Å². The second-order valence-electron chi connectivity index (χ2n) is 7.29. The average molecular weight is 325 g/mol. The van der Waals surface area contributed by atoms with E-state index in [1.165, 1.54) is 42.0 Å². The van der Waals surface area contributed by atoms with Gasteiger partial charge in [-0.2, -0.15) is 0 Å². The Kier molecular flexibility index (Phi) is 4.47. The van der Waals surface area contributed by atoms with E-state index >= 15 is 0 Å². The smallest absolute Gasteiger partial charge is 0.120 e. The highest BCUT2D eigenvalue weighted by molar-refractivity contribution is 5.87. The summed E-state index contributed by atoms with van der Waals surface area (Å²) in [5.74, 6) is 1.63. The van der Waals surface area contributed by atoms with Gasteiger partial charge in [0.2, 0.25) is 0 Å². The van der Waals surface area contributed by atoms with Crippen LogP contribution < -0.4 is 4.74 Å². The molecular formula is C21H27NO2. The van der Waals surface area contributed by atoms with Crippen LogP contribution in [0.4, 0.5) is 0 Å². The zero-order valence-electron chi connectivity index (χ0n) is 14.7. The molecule has 0 aliphatic carbocycles. The molecule has 2 bridgehead atoms. The van der Waals surface area contributed by atoms with Gasteiger partial charge in [0, 0.05) is 19.2 Å². The normalized spacial score (nSPS) is 26.8. The minimum Gasteiger partial charge on any atom is -0.491 e. The molecule has 2 heterocycles. The monoisotopic (exact) mass is 325 g/mol. The lowest BCUT2D eigenvalue weighted by atomic mass is 9.83. The zero-order chi connectivity index (χ0) is 16.5. The van der Waals surface area contributed by atoms with Crippen LogP contribution in [0.15, 0.2) is 36.4 Å². The van der Waals surface area contributed by atoms with Gasteiger partial charge in [0.1, 0.15) is 12.4 Å². The van der Waals surface area contributed by atoms with Gasteiger partial charge in [0.15, 0.2) is 0 Å². The molecule has 3 nitrogen and oxygen atoms in total. The Morgan fingerprint density at radius 3 is 2.58 bits per heavy atom. The van der Waals surface area contributed by atoms with Crippen molar-refractivity contribution in [2.24, 2.45) is 0 Å². The maximum absolute atomic E-state index is 5.77. The molecule has 3 heteroatoms. The van der Waals surface area contributed by atoms with Crippen LogP contribution >= 0.6 is 0 Å². The van der Waals surface area contributed by atoms with Crippen molar-refractivity contribution < 1.29 is 9.47 Å². The van der Waals surface area contributed by atoms with Gasteiger partial charge < -0.3 is 14.4 Å². The predicted molar refractivity (Wildman–Crippen MR) is 97.9 cm³/mol. The van der Waals surface area contributed by atoms with Gasteiger partial charge in [-0.3, -0.25) is 0 Å². The fraction of sp³-hybridized carbons (Fsp3) is 0.524. The molecule has 2 fully saturated rings. The first-order valence-corrected chi connectivity index (χ1v) is 9.12. The average Bonchev–Trinajstić information content (AvgIpc) is 2.82. The molecule has 2 aliphatic rings. The summed E-state index contributed by atoms with van der Waals surface area (Å²) in [6, 6.07) is 14.8. The van der Waals surface area contributed by atoms with Crippen LogP contribution in [-0.4, -0.2) is 44.4 Å². The first-order valence-electron chi connectivity index (χ1n) is 9.12. The molecule has 128 valence electrons. The van der Waals surface area contributed by atoms with E-state index < -0.39 is 0 Å². The molecule has 0 spiro atoms. The highest BCUT2D eigenvalue weighted by Crippen LogP contribution is 2.43. The standard InChI is InChI=1S/C21H27NO2/c1-22-17-6-7-18(22)13-16(12-17)20-5-3-4-15-14-19(8-9-21(15)20)24-11-10-23-2/h3-5,8-9,14,16-18H,6-7,10-13H2,1-2H3. The number of ether oxygens (including phenoxy) is 2. The quantitative estimate of drug-likeness (QED) is 0.769. The molecule has 24 heavy (non-hydrogen) atoms. The first kappa shape index (κ1) is 15.9. The Bertz CT molecular complexity index is 700. The Morgan fingerprint density at radius 2 is 1.83 bits per heavy atom. The molecule has 0 aromatic heterocycles. The number of rotatable bonds is 5. The number of piperidine rings is 1. The SMILES string of the molecule is COCCOc1ccc2c(C3CC4CCC(C3)N4C)cccc2c1. The second kappa shape index (κ2) is 6.73. The molecule has 2 unspecified atom stereocenters. The van der Waals surface area contributed by atoms with E-state index in [9.17, 15) is 0 Å². The minimum absolute atomic E-state index is 0.597. The third-order valence-corrected chi connectivity index (χ3v) is 5.98. The number of nitrogens with zero attached hydrogens (tertiary/aromatic N) is 1. The van der Waals surface area contributed by atoms with Crippen molar-refractivity contribution in [3.8, 4) is 5.75 Å². The van der Waals surface area contributed by atoms with Crippen molar-refractivity contribution in [1.82, 2.24) is 4.90 Å². The van der Waals surface area contributed by atoms with Crippen LogP contribution in [0.3, 0.4) is 0 Å². The molecule has 2 aromatic rings. The van der Waals surface area contributed by atoms with Crippen LogP contribution in [0.25, 0.3) is 10.8 Å². The van der Waals surface area contributed by atoms with Crippen molar-refractivity contribution >= 4 is 10.8 Å². The van der Waals surface area contributed by atoms with E-state index in [2.05, 4.69) is 48.3 Å². The van der Waals surface area contributed by atoms with Crippen molar-refractivity contribution in [2.45, 2.75) is 43.7 Å². The molecule has 0 radical (unpaired) electrons. The van der Waals surface area contributed by atoms with E-state index in [-0.39, 0.29) is 0 Å². The third-order valence-electron chi connectivity index (χ3n) is 5.98. The van der Waals surface area contributed by atoms with Crippen LogP contribution in [0.2, 0.25) is 0 Å². The van der Waals surface area contributed by atoms with Crippen molar-refractivity contribution in [2.75, 3.05) is 27.4 Å². The summed E-state index contributed by atoms with van der Waals surface area (Å²) in [6.07, 6.45) is 5.36. The lowest BCUT2D eigenvalue weighted by Crippen LogP contribution is -2.39. The molecule has 0 N–H and O–H groups in total. The maximum atomic E-state index is 5.77. The second-order valence-corrected chi connectivity index (χ2v) is 7.29. The molecule has 0 saturated carbocycles. The third kappa shape index (κ3) is 2.91. The zero-order valence-corrected chi connectivity index (χ0v) is 14.7. The summed E-state index contributed by atoms with van der Waals surface area (Å²) in [4.78, 5) is 2.61. The predicted octanol–water partition coefficient (Wildman–Crippen LogP) is 4.21. The highest BCUT2D eigenvalue weighted by Gasteiger charge is 2.39. The summed E-state index contributed by atoms with van der Waals surface area (Å²) in [6.45, 7) is 1.22. The fourth-order valence-electron chi connectivity index (χ4n) is 4.64. The summed E-state index contributed by atoms with van der Waals surface area (Å²) in [7, 11) is 4.01. The Hall–Kier alpha value is -1.58. The summed E-state index contributed by atoms with van der Waals surface area (Å²) >= 11 is 0. The highest BCUT2D eigenvalue weighted by atomic mass is 16.5. The lowest BCUT2D eigenvalue weighted by Gasteiger charge is -2.37. The Balaban J connectivity index is 1.60. The van der Waals surface area contributed by atoms with E-state index in [1.807, 2.05) is 0 Å². The van der Waals surface area contributed by atoms with Gasteiger partial charge in [-0.15, -0.1) is 0 Å². The van der Waals surface area contributed by atoms with Gasteiger partial charge in [-0.1, -0.05) is 24.3 Å². The maximum Gasteiger partial charge on any atom is 0.120 e. The molecule has 4 rings (SSSR count). The van der Waals surface area contributed by atoms with Crippen LogP contribution in [0, 0.1) is 0 Å². The largest absolute Gasteiger partial charge is 0.491 e. The fourth-order valence-corrected chi connectivity index (χ4v) is 4.64. The molecule has 2 saturated heterocycles. The summed E-state index contributed by atoms with van der Waals surface area (Å²) in [5.41, 5.74) is 1.53. The molecule has 2 aromatic carbocycles. The van der Waals surface area contributed by atoms with Crippen LogP contribution in [-0.2, 0) is 4.74 Å². The number of benzene rings is 2. The van der Waals surface area contributed by atoms with Gasteiger partial charge in [0.05, 0.1) is 6.61 Å². The number of hydrogen-bond acceptors (Lipinski definition) is 3. The van der Waals surface area contributed by atoms with Crippen molar-refractivity contribution in [1.29, 1.82) is 0 Å². The van der Waals surface area contributed by atoms with Gasteiger partial charge in [-0.25, -0.2) is 0 Å². The lowest BCUT2D eigenvalue weighted by molar-refractivity contribution is 0.146. The number of hydrogen-bond donors (Lipinski definition) is 0.